The summed E-state index contributed by atoms with van der Waals surface area (Å²) in [4.78, 5) is 25.7. The first kappa shape index (κ1) is 10.6. The van der Waals surface area contributed by atoms with Crippen molar-refractivity contribution in [2.24, 2.45) is 0 Å². The molecule has 0 unspecified atom stereocenters. The van der Waals surface area contributed by atoms with E-state index < -0.39 is 0 Å². The number of carbonyl (C=O) groups excluding carboxylic acids is 2. The highest BCUT2D eigenvalue weighted by Crippen LogP contribution is 2.22. The van der Waals surface area contributed by atoms with Crippen LogP contribution in [-0.4, -0.2) is 60.0 Å². The number of rotatable bonds is 2. The molecular weight excluding hydrogens is 194 g/mol. The lowest BCUT2D eigenvalue weighted by Gasteiger charge is -2.24. The van der Waals surface area contributed by atoms with Crippen molar-refractivity contribution >= 4 is 11.8 Å². The first-order chi connectivity index (χ1) is 7.11. The Kier molecular flexibility index (Phi) is 2.75. The van der Waals surface area contributed by atoms with E-state index in [1.165, 1.54) is 5.01 Å². The molecule has 1 atom stereocenters. The van der Waals surface area contributed by atoms with Crippen LogP contribution in [0.4, 0.5) is 0 Å². The van der Waals surface area contributed by atoms with Crippen LogP contribution < -0.4 is 0 Å². The van der Waals surface area contributed by atoms with Crippen LogP contribution in [0.1, 0.15) is 19.3 Å². The number of imide groups is 1. The number of likely N-dealkylation sites (tertiary alicyclic amines) is 1. The Morgan fingerprint density at radius 1 is 1.20 bits per heavy atom. The van der Waals surface area contributed by atoms with Crippen LogP contribution in [0, 0.1) is 0 Å². The minimum absolute atomic E-state index is 0.0631. The molecule has 15 heavy (non-hydrogen) atoms. The van der Waals surface area contributed by atoms with Crippen LogP contribution in [0.2, 0.25) is 0 Å². The third-order valence-corrected chi connectivity index (χ3v) is 3.08. The lowest BCUT2D eigenvalue weighted by molar-refractivity contribution is -0.154. The van der Waals surface area contributed by atoms with Gasteiger partial charge in [0.2, 0.25) is 5.91 Å². The van der Waals surface area contributed by atoms with Gasteiger partial charge in [0.1, 0.15) is 6.04 Å². The van der Waals surface area contributed by atoms with E-state index >= 15 is 0 Å². The zero-order chi connectivity index (χ0) is 11.0. The fraction of sp³-hybridized carbons (Fsp3) is 0.800. The minimum atomic E-state index is -0.206. The van der Waals surface area contributed by atoms with Crippen LogP contribution in [-0.2, 0) is 9.59 Å². The van der Waals surface area contributed by atoms with E-state index in [9.17, 15) is 9.59 Å². The molecule has 5 nitrogen and oxygen atoms in total. The highest BCUT2D eigenvalue weighted by atomic mass is 16.2. The molecule has 0 saturated carbocycles. The summed E-state index contributed by atoms with van der Waals surface area (Å²) in [6.07, 6.45) is 2.62. The molecule has 2 rings (SSSR count). The molecule has 0 spiro atoms. The number of amides is 2. The van der Waals surface area contributed by atoms with Gasteiger partial charge in [-0.15, -0.1) is 0 Å². The molecule has 2 saturated heterocycles. The van der Waals surface area contributed by atoms with Gasteiger partial charge in [0, 0.05) is 14.1 Å². The Morgan fingerprint density at radius 2 is 1.80 bits per heavy atom. The van der Waals surface area contributed by atoms with Gasteiger partial charge in [-0.3, -0.25) is 14.5 Å². The van der Waals surface area contributed by atoms with Crippen molar-refractivity contribution in [3.8, 4) is 0 Å². The van der Waals surface area contributed by atoms with Gasteiger partial charge in [-0.2, -0.15) is 0 Å². The second-order valence-corrected chi connectivity index (χ2v) is 4.35. The van der Waals surface area contributed by atoms with Crippen molar-refractivity contribution in [1.29, 1.82) is 0 Å². The second-order valence-electron chi connectivity index (χ2n) is 4.35. The van der Waals surface area contributed by atoms with Gasteiger partial charge in [0.05, 0.1) is 6.42 Å². The van der Waals surface area contributed by atoms with Crippen LogP contribution in [0.15, 0.2) is 0 Å². The summed E-state index contributed by atoms with van der Waals surface area (Å²) in [7, 11) is 3.45. The molecule has 2 amide bonds. The van der Waals surface area contributed by atoms with E-state index in [2.05, 4.69) is 4.90 Å². The Morgan fingerprint density at radius 3 is 2.27 bits per heavy atom. The van der Waals surface area contributed by atoms with Gasteiger partial charge in [-0.1, -0.05) is 0 Å². The molecule has 0 aromatic carbocycles. The maximum atomic E-state index is 12.0. The van der Waals surface area contributed by atoms with Crippen molar-refractivity contribution in [3.05, 3.63) is 0 Å². The normalized spacial score (nSPS) is 28.5. The Balaban J connectivity index is 2.10. The highest BCUT2D eigenvalue weighted by Gasteiger charge is 2.43. The van der Waals surface area contributed by atoms with Gasteiger partial charge in [-0.25, -0.2) is 10.0 Å². The quantitative estimate of drug-likeness (QED) is 0.588. The summed E-state index contributed by atoms with van der Waals surface area (Å²) in [5.41, 5.74) is 0. The maximum Gasteiger partial charge on any atom is 0.261 e. The van der Waals surface area contributed by atoms with E-state index in [-0.39, 0.29) is 17.9 Å². The second kappa shape index (κ2) is 3.90. The van der Waals surface area contributed by atoms with Crippen molar-refractivity contribution in [2.75, 3.05) is 27.2 Å². The third-order valence-electron chi connectivity index (χ3n) is 3.08. The molecule has 2 heterocycles. The average Bonchev–Trinajstić information content (AvgIpc) is 2.72. The molecular formula is C10H17N3O2. The molecule has 2 fully saturated rings. The summed E-state index contributed by atoms with van der Waals surface area (Å²) in [5, 5.41) is 2.82. The van der Waals surface area contributed by atoms with E-state index in [4.69, 9.17) is 0 Å². The lowest BCUT2D eigenvalue weighted by atomic mass is 10.2. The zero-order valence-corrected chi connectivity index (χ0v) is 9.27. The summed E-state index contributed by atoms with van der Waals surface area (Å²) < 4.78 is 0. The third kappa shape index (κ3) is 1.77. The van der Waals surface area contributed by atoms with Gasteiger partial charge in [0.15, 0.2) is 0 Å². The molecule has 0 aromatic heterocycles. The first-order valence-corrected chi connectivity index (χ1v) is 5.39. The molecule has 0 N–H and O–H groups in total. The standard InChI is InChI=1S/C10H17N3O2/c1-11(2)13-9(14)7-8(10(13)15)12-5-3-4-6-12/h8H,3-7H2,1-2H3/t8-/m1/s1. The maximum absolute atomic E-state index is 12.0. The van der Waals surface area contributed by atoms with Crippen LogP contribution >= 0.6 is 0 Å². The van der Waals surface area contributed by atoms with E-state index in [1.807, 2.05) is 0 Å². The molecule has 2 aliphatic heterocycles. The summed E-state index contributed by atoms with van der Waals surface area (Å²) in [6, 6.07) is -0.206. The number of hydrazine groups is 1. The van der Waals surface area contributed by atoms with E-state index in [1.54, 1.807) is 19.1 Å². The largest absolute Gasteiger partial charge is 0.291 e. The van der Waals surface area contributed by atoms with Crippen LogP contribution in [0.5, 0.6) is 0 Å². The number of nitrogens with zero attached hydrogens (tertiary/aromatic N) is 3. The smallest absolute Gasteiger partial charge is 0.261 e. The summed E-state index contributed by atoms with van der Waals surface area (Å²) in [6.45, 7) is 1.90. The van der Waals surface area contributed by atoms with Gasteiger partial charge in [0.25, 0.3) is 5.91 Å². The van der Waals surface area contributed by atoms with E-state index in [0.717, 1.165) is 25.9 Å². The SMILES string of the molecule is CN(C)N1C(=O)C[C@@H](N2CCCC2)C1=O. The summed E-state index contributed by atoms with van der Waals surface area (Å²) >= 11 is 0. The van der Waals surface area contributed by atoms with Crippen molar-refractivity contribution in [2.45, 2.75) is 25.3 Å². The zero-order valence-electron chi connectivity index (χ0n) is 9.27. The van der Waals surface area contributed by atoms with Gasteiger partial charge in [-0.05, 0) is 25.9 Å². The average molecular weight is 211 g/mol. The highest BCUT2D eigenvalue weighted by molar-refractivity contribution is 6.04. The monoisotopic (exact) mass is 211 g/mol. The number of hydrogen-bond donors (Lipinski definition) is 0. The molecule has 0 aromatic rings. The summed E-state index contributed by atoms with van der Waals surface area (Å²) in [5.74, 6) is -0.145. The molecule has 5 heteroatoms. The molecule has 84 valence electrons. The van der Waals surface area contributed by atoms with E-state index in [0.29, 0.717) is 6.42 Å². The topological polar surface area (TPSA) is 43.9 Å². The Hall–Kier alpha value is -0.940. The van der Waals surface area contributed by atoms with Crippen molar-refractivity contribution in [1.82, 2.24) is 14.9 Å². The van der Waals surface area contributed by atoms with Gasteiger partial charge < -0.3 is 0 Å². The Labute approximate surface area is 89.6 Å². The van der Waals surface area contributed by atoms with Crippen molar-refractivity contribution in [3.63, 3.8) is 0 Å². The fourth-order valence-corrected chi connectivity index (χ4v) is 2.36. The predicted molar refractivity (Wildman–Crippen MR) is 54.8 cm³/mol. The fourth-order valence-electron chi connectivity index (χ4n) is 2.36. The van der Waals surface area contributed by atoms with Crippen LogP contribution in [0.25, 0.3) is 0 Å². The van der Waals surface area contributed by atoms with Crippen molar-refractivity contribution < 1.29 is 9.59 Å². The van der Waals surface area contributed by atoms with Crippen LogP contribution in [0.3, 0.4) is 0 Å². The minimum Gasteiger partial charge on any atom is -0.291 e. The predicted octanol–water partition coefficient (Wildman–Crippen LogP) is -0.314. The number of carbonyl (C=O) groups is 2. The molecule has 0 bridgehead atoms. The Bertz CT molecular complexity index is 284. The molecule has 0 aliphatic carbocycles. The molecule has 0 radical (unpaired) electrons. The molecule has 2 aliphatic rings. The number of hydrogen-bond acceptors (Lipinski definition) is 4. The van der Waals surface area contributed by atoms with Gasteiger partial charge >= 0.3 is 0 Å². The lowest BCUT2D eigenvalue weighted by Crippen LogP contribution is -2.45. The first-order valence-electron chi connectivity index (χ1n) is 5.39.